The van der Waals surface area contributed by atoms with Crippen LogP contribution in [0.15, 0.2) is 0 Å². The third kappa shape index (κ3) is 2.77. The van der Waals surface area contributed by atoms with Gasteiger partial charge in [-0.25, -0.2) is 0 Å². The fourth-order valence-corrected chi connectivity index (χ4v) is 4.34. The van der Waals surface area contributed by atoms with Crippen molar-refractivity contribution >= 4 is 0 Å². The molecule has 0 aliphatic carbocycles. The van der Waals surface area contributed by atoms with Crippen molar-refractivity contribution in [2.24, 2.45) is 5.41 Å². The summed E-state index contributed by atoms with van der Waals surface area (Å²) in [7, 11) is 0. The van der Waals surface area contributed by atoms with Crippen molar-refractivity contribution in [2.75, 3.05) is 39.3 Å². The third-order valence-electron chi connectivity index (χ3n) is 6.19. The molecule has 1 spiro atoms. The molecule has 0 bridgehead atoms. The molecule has 3 nitrogen and oxygen atoms in total. The summed E-state index contributed by atoms with van der Waals surface area (Å²) in [5, 5.41) is 0. The van der Waals surface area contributed by atoms with Gasteiger partial charge in [-0.3, -0.25) is 9.80 Å². The van der Waals surface area contributed by atoms with Gasteiger partial charge in [0.05, 0.1) is 0 Å². The number of rotatable bonds is 3. The van der Waals surface area contributed by atoms with Crippen LogP contribution in [-0.2, 0) is 0 Å². The van der Waals surface area contributed by atoms with E-state index in [1.54, 1.807) is 0 Å². The summed E-state index contributed by atoms with van der Waals surface area (Å²) >= 11 is 0. The summed E-state index contributed by atoms with van der Waals surface area (Å²) in [5.74, 6) is 0. The van der Waals surface area contributed by atoms with E-state index in [4.69, 9.17) is 0 Å². The Hall–Kier alpha value is -0.120. The van der Waals surface area contributed by atoms with E-state index in [0.29, 0.717) is 5.41 Å². The smallest absolute Gasteiger partial charge is 0.0350 e. The number of piperidine rings is 1. The molecule has 3 saturated heterocycles. The van der Waals surface area contributed by atoms with E-state index < -0.39 is 0 Å². The summed E-state index contributed by atoms with van der Waals surface area (Å²) in [6, 6.07) is 2.33. The van der Waals surface area contributed by atoms with Crippen LogP contribution in [0.1, 0.15) is 47.0 Å². The average Bonchev–Trinajstić information content (AvgIpc) is 2.71. The molecular weight excluding hydrogens is 246 g/mol. The zero-order valence-corrected chi connectivity index (χ0v) is 13.9. The van der Waals surface area contributed by atoms with Gasteiger partial charge in [0, 0.05) is 37.8 Å². The van der Waals surface area contributed by atoms with Gasteiger partial charge < -0.3 is 4.90 Å². The highest BCUT2D eigenvalue weighted by Crippen LogP contribution is 2.42. The minimum Gasteiger partial charge on any atom is -0.301 e. The lowest BCUT2D eigenvalue weighted by Gasteiger charge is -2.47. The first-order valence-corrected chi connectivity index (χ1v) is 8.71. The predicted molar refractivity (Wildman–Crippen MR) is 85.1 cm³/mol. The van der Waals surface area contributed by atoms with E-state index in [1.165, 1.54) is 58.5 Å². The van der Waals surface area contributed by atoms with Crippen LogP contribution in [0.25, 0.3) is 0 Å². The number of nitrogens with zero attached hydrogens (tertiary/aromatic N) is 3. The quantitative estimate of drug-likeness (QED) is 0.785. The molecule has 0 atom stereocenters. The highest BCUT2D eigenvalue weighted by Gasteiger charge is 2.44. The van der Waals surface area contributed by atoms with E-state index in [-0.39, 0.29) is 0 Å². The van der Waals surface area contributed by atoms with Gasteiger partial charge in [0.2, 0.25) is 0 Å². The standard InChI is InChI=1S/C17H33N3/c1-14(2)18-8-5-17(6-9-18)7-10-19(13-17)16-11-20(12-16)15(3)4/h14-16H,5-13H2,1-4H3. The minimum absolute atomic E-state index is 0.670. The molecule has 3 heterocycles. The van der Waals surface area contributed by atoms with Crippen molar-refractivity contribution in [2.45, 2.75) is 65.1 Å². The lowest BCUT2D eigenvalue weighted by molar-refractivity contribution is 0.0130. The first-order valence-electron chi connectivity index (χ1n) is 8.71. The van der Waals surface area contributed by atoms with Crippen LogP contribution in [0.4, 0.5) is 0 Å². The molecule has 0 aromatic heterocycles. The predicted octanol–water partition coefficient (Wildman–Crippen LogP) is 2.28. The van der Waals surface area contributed by atoms with Crippen LogP contribution < -0.4 is 0 Å². The molecule has 3 rings (SSSR count). The normalized spacial score (nSPS) is 29.7. The SMILES string of the molecule is CC(C)N1CCC2(CC1)CCN(C1CN(C(C)C)C1)C2. The molecule has 0 unspecified atom stereocenters. The van der Waals surface area contributed by atoms with Crippen molar-refractivity contribution in [1.82, 2.24) is 14.7 Å². The van der Waals surface area contributed by atoms with E-state index in [0.717, 1.165) is 18.1 Å². The monoisotopic (exact) mass is 279 g/mol. The van der Waals surface area contributed by atoms with Gasteiger partial charge in [-0.15, -0.1) is 0 Å². The Morgan fingerprint density at radius 2 is 1.35 bits per heavy atom. The Morgan fingerprint density at radius 1 is 0.800 bits per heavy atom. The molecule has 0 saturated carbocycles. The first-order chi connectivity index (χ1) is 9.49. The van der Waals surface area contributed by atoms with E-state index >= 15 is 0 Å². The van der Waals surface area contributed by atoms with Crippen molar-refractivity contribution in [3.8, 4) is 0 Å². The highest BCUT2D eigenvalue weighted by atomic mass is 15.3. The first kappa shape index (κ1) is 14.8. The van der Waals surface area contributed by atoms with Crippen molar-refractivity contribution < 1.29 is 0 Å². The summed E-state index contributed by atoms with van der Waals surface area (Å²) in [6.07, 6.45) is 4.32. The minimum atomic E-state index is 0.670. The number of likely N-dealkylation sites (tertiary alicyclic amines) is 3. The second kappa shape index (κ2) is 5.58. The maximum atomic E-state index is 2.81. The van der Waals surface area contributed by atoms with Gasteiger partial charge in [-0.05, 0) is 72.0 Å². The van der Waals surface area contributed by atoms with Crippen LogP contribution in [0.3, 0.4) is 0 Å². The third-order valence-corrected chi connectivity index (χ3v) is 6.19. The maximum Gasteiger partial charge on any atom is 0.0350 e. The molecule has 3 aliphatic rings. The summed E-state index contributed by atoms with van der Waals surface area (Å²) in [6.45, 7) is 17.3. The topological polar surface area (TPSA) is 9.72 Å². The number of hydrogen-bond acceptors (Lipinski definition) is 3. The molecule has 0 aromatic carbocycles. The zero-order chi connectivity index (χ0) is 14.3. The van der Waals surface area contributed by atoms with Crippen LogP contribution in [0, 0.1) is 5.41 Å². The Kier molecular flexibility index (Phi) is 4.13. The van der Waals surface area contributed by atoms with Gasteiger partial charge in [0.25, 0.3) is 0 Å². The van der Waals surface area contributed by atoms with Crippen LogP contribution in [0.5, 0.6) is 0 Å². The van der Waals surface area contributed by atoms with E-state index in [1.807, 2.05) is 0 Å². The van der Waals surface area contributed by atoms with Gasteiger partial charge in [0.1, 0.15) is 0 Å². The van der Waals surface area contributed by atoms with Crippen molar-refractivity contribution in [3.05, 3.63) is 0 Å². The van der Waals surface area contributed by atoms with Crippen molar-refractivity contribution in [1.29, 1.82) is 0 Å². The zero-order valence-electron chi connectivity index (χ0n) is 13.9. The molecule has 116 valence electrons. The van der Waals surface area contributed by atoms with Crippen LogP contribution in [0.2, 0.25) is 0 Å². The molecule has 0 aromatic rings. The molecule has 3 fully saturated rings. The van der Waals surface area contributed by atoms with Crippen LogP contribution >= 0.6 is 0 Å². The Bertz CT molecular complexity index is 325. The Morgan fingerprint density at radius 3 is 1.90 bits per heavy atom. The second-order valence-electron chi connectivity index (χ2n) is 8.05. The Labute approximate surface area is 125 Å². The fourth-order valence-electron chi connectivity index (χ4n) is 4.34. The van der Waals surface area contributed by atoms with Gasteiger partial charge >= 0.3 is 0 Å². The van der Waals surface area contributed by atoms with E-state index in [9.17, 15) is 0 Å². The fraction of sp³-hybridized carbons (Fsp3) is 1.00. The van der Waals surface area contributed by atoms with E-state index in [2.05, 4.69) is 42.4 Å². The van der Waals surface area contributed by atoms with Gasteiger partial charge in [-0.2, -0.15) is 0 Å². The van der Waals surface area contributed by atoms with Gasteiger partial charge in [0.15, 0.2) is 0 Å². The molecule has 3 aliphatic heterocycles. The molecule has 0 radical (unpaired) electrons. The second-order valence-corrected chi connectivity index (χ2v) is 8.05. The largest absolute Gasteiger partial charge is 0.301 e. The average molecular weight is 279 g/mol. The van der Waals surface area contributed by atoms with Crippen molar-refractivity contribution in [3.63, 3.8) is 0 Å². The Balaban J connectivity index is 1.48. The highest BCUT2D eigenvalue weighted by molar-refractivity contribution is 4.99. The molecule has 0 N–H and O–H groups in total. The maximum absolute atomic E-state index is 2.81. The molecular formula is C17H33N3. The lowest BCUT2D eigenvalue weighted by Crippen LogP contribution is -2.61. The summed E-state index contributed by atoms with van der Waals surface area (Å²) in [4.78, 5) is 8.08. The lowest BCUT2D eigenvalue weighted by atomic mass is 9.77. The van der Waals surface area contributed by atoms with Crippen LogP contribution in [-0.4, -0.2) is 72.1 Å². The summed E-state index contributed by atoms with van der Waals surface area (Å²) in [5.41, 5.74) is 0.670. The molecule has 3 heteroatoms. The number of hydrogen-bond donors (Lipinski definition) is 0. The summed E-state index contributed by atoms with van der Waals surface area (Å²) < 4.78 is 0. The molecule has 20 heavy (non-hydrogen) atoms. The molecule has 0 amide bonds. The van der Waals surface area contributed by atoms with Gasteiger partial charge in [-0.1, -0.05) is 0 Å².